The molecule has 2 aromatic heterocycles. The van der Waals surface area contributed by atoms with E-state index in [0.717, 1.165) is 0 Å². The molecule has 2 aromatic carbocycles. The molecule has 0 fully saturated rings. The monoisotopic (exact) mass is 396 g/mol. The summed E-state index contributed by atoms with van der Waals surface area (Å²) in [5.74, 6) is -1.51. The number of benzene rings is 2. The number of fused-ring (bicyclic) bond motifs is 1. The van der Waals surface area contributed by atoms with Crippen LogP contribution in [0.2, 0.25) is 0 Å². The standard InChI is InChI=1S/C23H19F3N2O/c1-13-15(5-4-6-18(13)24)16-11-14(7-8-19(16)25)20-12-27-22-21(26)17(23(2,3)29)9-10-28(20)22/h4-12,29H,1-3H3. The van der Waals surface area contributed by atoms with Gasteiger partial charge < -0.3 is 5.11 Å². The smallest absolute Gasteiger partial charge is 0.174 e. The van der Waals surface area contributed by atoms with E-state index >= 15 is 0 Å². The van der Waals surface area contributed by atoms with E-state index in [1.165, 1.54) is 44.3 Å². The molecule has 29 heavy (non-hydrogen) atoms. The molecule has 3 nitrogen and oxygen atoms in total. The molecule has 6 heteroatoms. The number of rotatable bonds is 3. The number of hydrogen-bond donors (Lipinski definition) is 1. The van der Waals surface area contributed by atoms with Gasteiger partial charge in [-0.25, -0.2) is 18.2 Å². The zero-order valence-corrected chi connectivity index (χ0v) is 16.2. The highest BCUT2D eigenvalue weighted by atomic mass is 19.1. The lowest BCUT2D eigenvalue weighted by molar-refractivity contribution is 0.0746. The lowest BCUT2D eigenvalue weighted by Gasteiger charge is -2.18. The minimum atomic E-state index is -1.35. The maximum atomic E-state index is 14.9. The summed E-state index contributed by atoms with van der Waals surface area (Å²) in [4.78, 5) is 4.15. The average Bonchev–Trinajstić information content (AvgIpc) is 3.09. The minimum Gasteiger partial charge on any atom is -0.386 e. The summed E-state index contributed by atoms with van der Waals surface area (Å²) in [5.41, 5.74) is 1.06. The summed E-state index contributed by atoms with van der Waals surface area (Å²) in [6.45, 7) is 4.59. The van der Waals surface area contributed by atoms with E-state index in [4.69, 9.17) is 0 Å². The first-order valence-corrected chi connectivity index (χ1v) is 9.12. The number of halogens is 3. The van der Waals surface area contributed by atoms with Gasteiger partial charge in [-0.3, -0.25) is 4.40 Å². The van der Waals surface area contributed by atoms with Crippen molar-refractivity contribution in [2.45, 2.75) is 26.4 Å². The first-order valence-electron chi connectivity index (χ1n) is 9.12. The van der Waals surface area contributed by atoms with Gasteiger partial charge in [-0.15, -0.1) is 0 Å². The first-order chi connectivity index (χ1) is 13.7. The van der Waals surface area contributed by atoms with Crippen molar-refractivity contribution in [3.8, 4) is 22.4 Å². The Labute approximate surface area is 166 Å². The van der Waals surface area contributed by atoms with Gasteiger partial charge in [0.1, 0.15) is 11.6 Å². The van der Waals surface area contributed by atoms with Gasteiger partial charge in [0.05, 0.1) is 17.5 Å². The van der Waals surface area contributed by atoms with Crippen LogP contribution in [-0.4, -0.2) is 14.5 Å². The summed E-state index contributed by atoms with van der Waals surface area (Å²) in [6, 6.07) is 10.5. The fourth-order valence-corrected chi connectivity index (χ4v) is 3.49. The predicted octanol–water partition coefficient (Wildman–Crippen LogP) is 5.62. The molecule has 0 spiro atoms. The lowest BCUT2D eigenvalue weighted by Crippen LogP contribution is -2.18. The van der Waals surface area contributed by atoms with Crippen molar-refractivity contribution in [1.82, 2.24) is 9.38 Å². The van der Waals surface area contributed by atoms with E-state index in [2.05, 4.69) is 4.98 Å². The highest BCUT2D eigenvalue weighted by molar-refractivity contribution is 5.75. The second-order valence-corrected chi connectivity index (χ2v) is 7.55. The van der Waals surface area contributed by atoms with Crippen molar-refractivity contribution >= 4 is 5.65 Å². The second kappa shape index (κ2) is 6.74. The third-order valence-corrected chi connectivity index (χ3v) is 5.10. The van der Waals surface area contributed by atoms with E-state index in [1.54, 1.807) is 35.7 Å². The molecule has 0 aliphatic heterocycles. The fourth-order valence-electron chi connectivity index (χ4n) is 3.49. The molecule has 0 radical (unpaired) electrons. The quantitative estimate of drug-likeness (QED) is 0.488. The van der Waals surface area contributed by atoms with Crippen molar-refractivity contribution in [1.29, 1.82) is 0 Å². The molecule has 2 heterocycles. The SMILES string of the molecule is Cc1c(F)cccc1-c1cc(-c2cnc3c(F)c(C(C)(C)O)ccn23)ccc1F. The molecule has 0 aliphatic carbocycles. The number of aromatic nitrogens is 2. The molecule has 0 amide bonds. The van der Waals surface area contributed by atoms with Crippen LogP contribution in [0.1, 0.15) is 25.0 Å². The molecular formula is C23H19F3N2O. The van der Waals surface area contributed by atoms with Crippen LogP contribution in [0.3, 0.4) is 0 Å². The number of imidazole rings is 1. The number of pyridine rings is 1. The van der Waals surface area contributed by atoms with Crippen LogP contribution in [0.25, 0.3) is 28.0 Å². The van der Waals surface area contributed by atoms with E-state index in [-0.39, 0.29) is 16.8 Å². The van der Waals surface area contributed by atoms with Crippen LogP contribution in [0, 0.1) is 24.4 Å². The molecular weight excluding hydrogens is 377 g/mol. The molecule has 0 unspecified atom stereocenters. The minimum absolute atomic E-state index is 0.0624. The van der Waals surface area contributed by atoms with Gasteiger partial charge in [0.25, 0.3) is 0 Å². The Balaban J connectivity index is 1.89. The Bertz CT molecular complexity index is 1240. The Morgan fingerprint density at radius 2 is 1.72 bits per heavy atom. The van der Waals surface area contributed by atoms with Crippen LogP contribution < -0.4 is 0 Å². The number of nitrogens with zero attached hydrogens (tertiary/aromatic N) is 2. The molecule has 148 valence electrons. The molecule has 0 saturated heterocycles. The summed E-state index contributed by atoms with van der Waals surface area (Å²) >= 11 is 0. The van der Waals surface area contributed by atoms with Gasteiger partial charge in [0.2, 0.25) is 0 Å². The van der Waals surface area contributed by atoms with Crippen LogP contribution in [0.5, 0.6) is 0 Å². The molecule has 0 bridgehead atoms. The normalized spacial score (nSPS) is 12.0. The van der Waals surface area contributed by atoms with Crippen LogP contribution >= 0.6 is 0 Å². The van der Waals surface area contributed by atoms with E-state index < -0.39 is 23.1 Å². The Kier molecular flexibility index (Phi) is 4.46. The molecule has 1 N–H and O–H groups in total. The van der Waals surface area contributed by atoms with Crippen molar-refractivity contribution in [3.05, 3.63) is 83.4 Å². The van der Waals surface area contributed by atoms with Crippen molar-refractivity contribution in [2.24, 2.45) is 0 Å². The van der Waals surface area contributed by atoms with Crippen molar-refractivity contribution < 1.29 is 18.3 Å². The number of hydrogen-bond acceptors (Lipinski definition) is 2. The van der Waals surface area contributed by atoms with Gasteiger partial charge in [0, 0.05) is 22.9 Å². The van der Waals surface area contributed by atoms with Gasteiger partial charge >= 0.3 is 0 Å². The molecule has 0 atom stereocenters. The highest BCUT2D eigenvalue weighted by Crippen LogP contribution is 2.33. The summed E-state index contributed by atoms with van der Waals surface area (Å²) < 4.78 is 44.9. The van der Waals surface area contributed by atoms with E-state index in [9.17, 15) is 18.3 Å². The maximum absolute atomic E-state index is 14.9. The molecule has 4 rings (SSSR count). The van der Waals surface area contributed by atoms with Crippen LogP contribution in [0.15, 0.2) is 54.9 Å². The van der Waals surface area contributed by atoms with Crippen molar-refractivity contribution in [2.75, 3.05) is 0 Å². The summed E-state index contributed by atoms with van der Waals surface area (Å²) in [7, 11) is 0. The Morgan fingerprint density at radius 3 is 2.45 bits per heavy atom. The van der Waals surface area contributed by atoms with Gasteiger partial charge in [0.15, 0.2) is 11.5 Å². The van der Waals surface area contributed by atoms with Gasteiger partial charge in [-0.2, -0.15) is 0 Å². The molecule has 0 aliphatic rings. The third-order valence-electron chi connectivity index (χ3n) is 5.10. The average molecular weight is 396 g/mol. The first kappa shape index (κ1) is 19.2. The Morgan fingerprint density at radius 1 is 0.966 bits per heavy atom. The topological polar surface area (TPSA) is 37.5 Å². The largest absolute Gasteiger partial charge is 0.386 e. The Hall–Kier alpha value is -3.12. The fraction of sp³-hybridized carbons (Fsp3) is 0.174. The zero-order valence-electron chi connectivity index (χ0n) is 16.2. The van der Waals surface area contributed by atoms with Crippen LogP contribution in [0.4, 0.5) is 13.2 Å². The summed E-state index contributed by atoms with van der Waals surface area (Å²) in [5, 5.41) is 10.1. The summed E-state index contributed by atoms with van der Waals surface area (Å²) in [6.07, 6.45) is 3.10. The molecule has 0 saturated carbocycles. The van der Waals surface area contributed by atoms with Crippen LogP contribution in [-0.2, 0) is 5.60 Å². The van der Waals surface area contributed by atoms with Crippen molar-refractivity contribution in [3.63, 3.8) is 0 Å². The predicted molar refractivity (Wildman–Crippen MR) is 106 cm³/mol. The van der Waals surface area contributed by atoms with Gasteiger partial charge in [-0.05, 0) is 62.2 Å². The number of aliphatic hydroxyl groups is 1. The van der Waals surface area contributed by atoms with E-state index in [1.807, 2.05) is 0 Å². The van der Waals surface area contributed by atoms with Gasteiger partial charge in [-0.1, -0.05) is 12.1 Å². The molecule has 4 aromatic rings. The zero-order chi connectivity index (χ0) is 20.9. The lowest BCUT2D eigenvalue weighted by atomic mass is 9.97. The third kappa shape index (κ3) is 3.19. The highest BCUT2D eigenvalue weighted by Gasteiger charge is 2.24. The second-order valence-electron chi connectivity index (χ2n) is 7.55. The maximum Gasteiger partial charge on any atom is 0.174 e. The van der Waals surface area contributed by atoms with E-state index in [0.29, 0.717) is 22.4 Å².